The van der Waals surface area contributed by atoms with E-state index < -0.39 is 5.92 Å². The lowest BCUT2D eigenvalue weighted by molar-refractivity contribution is -0.136. The number of nitrogens with zero attached hydrogens (tertiary/aromatic N) is 1. The summed E-state index contributed by atoms with van der Waals surface area (Å²) < 4.78 is 0. The number of fused-ring (bicyclic) bond motifs is 2. The first kappa shape index (κ1) is 34.5. The lowest BCUT2D eigenvalue weighted by atomic mass is 9.59. The minimum Gasteiger partial charge on any atom is -0.343 e. The number of Topliss-reactive ketones (excluding diaryl/α,β-unsaturated/α-hetero) is 1. The van der Waals surface area contributed by atoms with Gasteiger partial charge in [0.05, 0.1) is 5.92 Å². The minimum atomic E-state index is -0.394. The van der Waals surface area contributed by atoms with Crippen molar-refractivity contribution in [3.63, 3.8) is 0 Å². The molecule has 3 aliphatic rings. The average molecular weight is 584 g/mol. The molecule has 2 aromatic carbocycles. The molecule has 3 nitrogen and oxygen atoms in total. The predicted molar refractivity (Wildman–Crippen MR) is 183 cm³/mol. The molecule has 1 fully saturated rings. The Morgan fingerprint density at radius 1 is 0.953 bits per heavy atom. The van der Waals surface area contributed by atoms with Gasteiger partial charge in [-0.15, -0.1) is 0 Å². The van der Waals surface area contributed by atoms with Crippen LogP contribution in [0.2, 0.25) is 0 Å². The summed E-state index contributed by atoms with van der Waals surface area (Å²) in [6, 6.07) is 15.3. The van der Waals surface area contributed by atoms with Gasteiger partial charge in [-0.1, -0.05) is 115 Å². The summed E-state index contributed by atoms with van der Waals surface area (Å²) in [6.45, 7) is 24.8. The number of likely N-dealkylation sites (N-methyl/N-ethyl adjacent to an activating group) is 1. The van der Waals surface area contributed by atoms with Gasteiger partial charge in [-0.05, 0) is 84.6 Å². The van der Waals surface area contributed by atoms with Crippen molar-refractivity contribution in [2.24, 2.45) is 29.6 Å². The van der Waals surface area contributed by atoms with E-state index in [4.69, 9.17) is 6.58 Å². The summed E-state index contributed by atoms with van der Waals surface area (Å²) in [4.78, 5) is 30.4. The summed E-state index contributed by atoms with van der Waals surface area (Å²) in [5.74, 6) is 0.901. The number of hydrogen-bond donors (Lipinski definition) is 0. The molecule has 0 heterocycles. The van der Waals surface area contributed by atoms with Crippen LogP contribution in [-0.4, -0.2) is 29.7 Å². The highest BCUT2D eigenvalue weighted by atomic mass is 16.2. The quantitative estimate of drug-likeness (QED) is 0.290. The van der Waals surface area contributed by atoms with Crippen LogP contribution in [0.25, 0.3) is 6.08 Å². The van der Waals surface area contributed by atoms with E-state index in [1.807, 2.05) is 32.6 Å². The molecule has 1 saturated carbocycles. The second-order valence-electron chi connectivity index (χ2n) is 12.6. The molecule has 0 aromatic heterocycles. The first-order valence-corrected chi connectivity index (χ1v) is 17.1. The molecule has 5 atom stereocenters. The van der Waals surface area contributed by atoms with Crippen LogP contribution in [0.1, 0.15) is 115 Å². The Kier molecular flexibility index (Phi) is 12.6. The van der Waals surface area contributed by atoms with Gasteiger partial charge < -0.3 is 4.90 Å². The van der Waals surface area contributed by atoms with Gasteiger partial charge in [-0.25, -0.2) is 0 Å². The summed E-state index contributed by atoms with van der Waals surface area (Å²) in [6.07, 6.45) is 7.75. The number of carbonyl (C=O) groups excluding carboxylic acids is 2. The van der Waals surface area contributed by atoms with E-state index in [0.29, 0.717) is 43.0 Å². The lowest BCUT2D eigenvalue weighted by Gasteiger charge is -2.44. The number of rotatable bonds is 8. The Balaban J connectivity index is 0.00000121. The topological polar surface area (TPSA) is 37.4 Å². The Hall–Kier alpha value is -2.94. The van der Waals surface area contributed by atoms with Crippen LogP contribution >= 0.6 is 0 Å². The highest BCUT2D eigenvalue weighted by molar-refractivity contribution is 5.89. The van der Waals surface area contributed by atoms with Gasteiger partial charge in [0, 0.05) is 31.3 Å². The molecule has 1 amide bonds. The second kappa shape index (κ2) is 15.7. The summed E-state index contributed by atoms with van der Waals surface area (Å²) in [7, 11) is 0. The minimum absolute atomic E-state index is 0.111. The Morgan fingerprint density at radius 2 is 1.56 bits per heavy atom. The summed E-state index contributed by atoms with van der Waals surface area (Å²) in [5.41, 5.74) is 7.50. The third-order valence-electron chi connectivity index (χ3n) is 9.77. The summed E-state index contributed by atoms with van der Waals surface area (Å²) in [5, 5.41) is 0. The molecule has 0 N–H and O–H groups in total. The van der Waals surface area contributed by atoms with Crippen molar-refractivity contribution < 1.29 is 9.59 Å². The van der Waals surface area contributed by atoms with Crippen molar-refractivity contribution in [2.75, 3.05) is 13.1 Å². The zero-order valence-corrected chi connectivity index (χ0v) is 28.5. The molecule has 5 rings (SSSR count). The maximum Gasteiger partial charge on any atom is 0.230 e. The number of carbonyl (C=O) groups is 2. The summed E-state index contributed by atoms with van der Waals surface area (Å²) >= 11 is 0. The third kappa shape index (κ3) is 7.24. The molecular weight excluding hydrogens is 526 g/mol. The van der Waals surface area contributed by atoms with Crippen LogP contribution in [-0.2, 0) is 22.4 Å². The molecule has 43 heavy (non-hydrogen) atoms. The van der Waals surface area contributed by atoms with Crippen molar-refractivity contribution in [3.8, 4) is 0 Å². The number of ketones is 1. The van der Waals surface area contributed by atoms with Crippen LogP contribution in [0, 0.1) is 29.6 Å². The average Bonchev–Trinajstić information content (AvgIpc) is 3.62. The van der Waals surface area contributed by atoms with Crippen LogP contribution < -0.4 is 0 Å². The molecule has 0 spiro atoms. The van der Waals surface area contributed by atoms with E-state index in [-0.39, 0.29) is 23.7 Å². The van der Waals surface area contributed by atoms with Crippen LogP contribution in [0.5, 0.6) is 0 Å². The molecule has 234 valence electrons. The largest absolute Gasteiger partial charge is 0.343 e. The molecular formula is C40H57NO2. The molecule has 0 saturated heterocycles. The lowest BCUT2D eigenvalue weighted by Crippen LogP contribution is -2.46. The second-order valence-corrected chi connectivity index (χ2v) is 12.6. The van der Waals surface area contributed by atoms with E-state index in [1.165, 1.54) is 22.3 Å². The highest BCUT2D eigenvalue weighted by Crippen LogP contribution is 2.51. The zero-order valence-electron chi connectivity index (χ0n) is 28.5. The standard InChI is InChI=1S/C36H45NO2.2C2H6/c1-7-37(8-2)36(39)35(28-16-15-25-14-13-23(5)30(25)20-28)34-24(6)31(21-33(38)32(34)17-22(3)4)29-18-26-11-9-10-12-27(26)19-29;2*1-2/h9-16,20,22-23,29,31-32,34-35H,6-8,17-19,21H2,1-5H3;2*1-2H3/t23?,31-,32+,34?,35-;;/m0../s1. The molecule has 0 aliphatic heterocycles. The van der Waals surface area contributed by atoms with E-state index >= 15 is 0 Å². The van der Waals surface area contributed by atoms with Gasteiger partial charge >= 0.3 is 0 Å². The third-order valence-corrected chi connectivity index (χ3v) is 9.77. The van der Waals surface area contributed by atoms with Gasteiger partial charge in [0.25, 0.3) is 0 Å². The van der Waals surface area contributed by atoms with Gasteiger partial charge in [-0.2, -0.15) is 0 Å². The molecule has 0 bridgehead atoms. The van der Waals surface area contributed by atoms with Crippen molar-refractivity contribution in [2.45, 2.75) is 99.8 Å². The molecule has 0 radical (unpaired) electrons. The highest BCUT2D eigenvalue weighted by Gasteiger charge is 2.49. The predicted octanol–water partition coefficient (Wildman–Crippen LogP) is 9.66. The zero-order chi connectivity index (χ0) is 31.8. The smallest absolute Gasteiger partial charge is 0.230 e. The number of hydrogen-bond acceptors (Lipinski definition) is 2. The number of benzene rings is 2. The monoisotopic (exact) mass is 583 g/mol. The fourth-order valence-electron chi connectivity index (χ4n) is 7.70. The maximum atomic E-state index is 14.4. The maximum absolute atomic E-state index is 14.4. The van der Waals surface area contributed by atoms with Gasteiger partial charge in [0.15, 0.2) is 0 Å². The first-order chi connectivity index (χ1) is 20.7. The van der Waals surface area contributed by atoms with Crippen LogP contribution in [0.15, 0.2) is 60.7 Å². The number of amides is 1. The molecule has 2 aromatic rings. The number of allylic oxidation sites excluding steroid dienone is 2. The molecule has 3 heteroatoms. The SMILES string of the molecule is C=C1C([C@@H](C(=O)N(CC)CC)c2ccc3c(c2)C(C)C=C3)[C@H](CC(C)C)C(=O)C[C@@H]1C1Cc2ccccc2C1.CC.CC. The Bertz CT molecular complexity index is 1260. The van der Waals surface area contributed by atoms with Crippen molar-refractivity contribution in [1.29, 1.82) is 0 Å². The van der Waals surface area contributed by atoms with E-state index in [2.05, 4.69) is 89.2 Å². The van der Waals surface area contributed by atoms with E-state index in [0.717, 1.165) is 30.4 Å². The van der Waals surface area contributed by atoms with Crippen LogP contribution in [0.4, 0.5) is 0 Å². The molecule has 2 unspecified atom stereocenters. The Morgan fingerprint density at radius 3 is 2.12 bits per heavy atom. The van der Waals surface area contributed by atoms with Gasteiger partial charge in [0.2, 0.25) is 5.91 Å². The van der Waals surface area contributed by atoms with Crippen molar-refractivity contribution in [1.82, 2.24) is 4.90 Å². The van der Waals surface area contributed by atoms with Gasteiger partial charge in [0.1, 0.15) is 5.78 Å². The Labute approximate surface area is 262 Å². The van der Waals surface area contributed by atoms with E-state index in [1.54, 1.807) is 0 Å². The fraction of sp³-hybridized carbons (Fsp3) is 0.550. The van der Waals surface area contributed by atoms with Crippen LogP contribution in [0.3, 0.4) is 0 Å². The van der Waals surface area contributed by atoms with Gasteiger partial charge in [-0.3, -0.25) is 9.59 Å². The normalized spacial score (nSPS) is 23.1. The molecule has 3 aliphatic carbocycles. The first-order valence-electron chi connectivity index (χ1n) is 17.1. The fourth-order valence-corrected chi connectivity index (χ4v) is 7.70. The van der Waals surface area contributed by atoms with E-state index in [9.17, 15) is 9.59 Å². The van der Waals surface area contributed by atoms with Crippen molar-refractivity contribution >= 4 is 17.8 Å². The van der Waals surface area contributed by atoms with Crippen molar-refractivity contribution in [3.05, 3.63) is 88.5 Å².